The molecule has 0 bridgehead atoms. The van der Waals surface area contributed by atoms with Gasteiger partial charge >= 0.3 is 12.1 Å². The predicted octanol–water partition coefficient (Wildman–Crippen LogP) is 4.35. The van der Waals surface area contributed by atoms with Crippen molar-refractivity contribution in [2.75, 3.05) is 13.2 Å². The third kappa shape index (κ3) is 9.46. The Morgan fingerprint density at radius 3 is 2.34 bits per heavy atom. The van der Waals surface area contributed by atoms with E-state index in [2.05, 4.69) is 5.32 Å². The quantitative estimate of drug-likeness (QED) is 0.407. The summed E-state index contributed by atoms with van der Waals surface area (Å²) >= 11 is 0. The molecule has 1 amide bonds. The molecule has 6 nitrogen and oxygen atoms in total. The van der Waals surface area contributed by atoms with Gasteiger partial charge in [-0.3, -0.25) is 0 Å². The lowest BCUT2D eigenvalue weighted by molar-refractivity contribution is -0.137. The number of carbonyl (C=O) groups excluding carboxylic acids is 2. The van der Waals surface area contributed by atoms with E-state index in [1.54, 1.807) is 26.8 Å². The van der Waals surface area contributed by atoms with Crippen LogP contribution in [0.5, 0.6) is 5.75 Å². The normalized spacial score (nSPS) is 11.1. The highest BCUT2D eigenvalue weighted by Crippen LogP contribution is 2.15. The molecule has 0 aliphatic rings. The molecule has 0 saturated heterocycles. The van der Waals surface area contributed by atoms with Crippen LogP contribution in [-0.2, 0) is 20.9 Å². The highest BCUT2D eigenvalue weighted by atomic mass is 16.6. The third-order valence-corrected chi connectivity index (χ3v) is 3.55. The van der Waals surface area contributed by atoms with Gasteiger partial charge in [-0.25, -0.2) is 9.59 Å². The van der Waals surface area contributed by atoms with E-state index in [1.807, 2.05) is 54.6 Å². The van der Waals surface area contributed by atoms with Crippen LogP contribution in [0.1, 0.15) is 31.9 Å². The van der Waals surface area contributed by atoms with Crippen molar-refractivity contribution in [3.05, 3.63) is 71.8 Å². The van der Waals surface area contributed by atoms with Gasteiger partial charge in [0.15, 0.2) is 0 Å². The molecule has 0 saturated carbocycles. The van der Waals surface area contributed by atoms with Crippen LogP contribution < -0.4 is 10.1 Å². The van der Waals surface area contributed by atoms with Crippen molar-refractivity contribution < 1.29 is 23.8 Å². The van der Waals surface area contributed by atoms with Crippen molar-refractivity contribution in [1.29, 1.82) is 0 Å². The molecule has 2 aromatic carbocycles. The molecule has 0 heterocycles. The number of ether oxygens (including phenoxy) is 3. The van der Waals surface area contributed by atoms with E-state index in [0.717, 1.165) is 16.9 Å². The molecule has 154 valence electrons. The minimum Gasteiger partial charge on any atom is -0.489 e. The number of benzene rings is 2. The van der Waals surface area contributed by atoms with Gasteiger partial charge in [-0.15, -0.1) is 0 Å². The van der Waals surface area contributed by atoms with E-state index in [9.17, 15) is 9.59 Å². The van der Waals surface area contributed by atoms with Crippen LogP contribution in [0.4, 0.5) is 4.79 Å². The van der Waals surface area contributed by atoms with Gasteiger partial charge in [-0.2, -0.15) is 0 Å². The molecule has 0 fully saturated rings. The average molecular weight is 397 g/mol. The minimum absolute atomic E-state index is 0.0642. The first-order valence-corrected chi connectivity index (χ1v) is 9.40. The monoisotopic (exact) mass is 397 g/mol. The number of hydrogen-bond acceptors (Lipinski definition) is 5. The molecule has 29 heavy (non-hydrogen) atoms. The van der Waals surface area contributed by atoms with Gasteiger partial charge in [0, 0.05) is 6.08 Å². The van der Waals surface area contributed by atoms with E-state index >= 15 is 0 Å². The predicted molar refractivity (Wildman–Crippen MR) is 111 cm³/mol. The lowest BCUT2D eigenvalue weighted by atomic mass is 10.2. The second kappa shape index (κ2) is 10.9. The van der Waals surface area contributed by atoms with Crippen LogP contribution >= 0.6 is 0 Å². The number of carbonyl (C=O) groups is 2. The number of hydrogen-bond donors (Lipinski definition) is 1. The van der Waals surface area contributed by atoms with Gasteiger partial charge in [0.05, 0.1) is 6.54 Å². The topological polar surface area (TPSA) is 73.9 Å². The first-order chi connectivity index (χ1) is 13.8. The lowest BCUT2D eigenvalue weighted by Crippen LogP contribution is -2.34. The fraction of sp³-hybridized carbons (Fsp3) is 0.304. The summed E-state index contributed by atoms with van der Waals surface area (Å²) in [5.74, 6) is 0.266. The van der Waals surface area contributed by atoms with Crippen molar-refractivity contribution in [2.24, 2.45) is 0 Å². The summed E-state index contributed by atoms with van der Waals surface area (Å²) in [7, 11) is 0. The van der Waals surface area contributed by atoms with Crippen molar-refractivity contribution in [3.63, 3.8) is 0 Å². The number of rotatable bonds is 8. The molecule has 0 radical (unpaired) electrons. The smallest absolute Gasteiger partial charge is 0.407 e. The summed E-state index contributed by atoms with van der Waals surface area (Å²) in [6, 6.07) is 17.3. The summed E-state index contributed by atoms with van der Waals surface area (Å²) < 4.78 is 15.8. The van der Waals surface area contributed by atoms with Crippen molar-refractivity contribution >= 4 is 18.1 Å². The standard InChI is InChI=1S/C23H27NO5/c1-23(2,3)29-22(26)24-15-16-27-21(25)14-11-18-9-12-20(13-10-18)28-17-19-7-5-4-6-8-19/h4-14H,15-17H2,1-3H3,(H,24,26)/b14-11+. The number of amides is 1. The average Bonchev–Trinajstić information content (AvgIpc) is 2.68. The Hall–Kier alpha value is -3.28. The summed E-state index contributed by atoms with van der Waals surface area (Å²) in [5.41, 5.74) is 1.38. The third-order valence-electron chi connectivity index (χ3n) is 3.55. The number of alkyl carbamates (subject to hydrolysis) is 1. The second-order valence-corrected chi connectivity index (χ2v) is 7.27. The molecule has 2 rings (SSSR count). The number of nitrogens with one attached hydrogen (secondary N) is 1. The van der Waals surface area contributed by atoms with E-state index < -0.39 is 17.7 Å². The van der Waals surface area contributed by atoms with Crippen LogP contribution in [0, 0.1) is 0 Å². The van der Waals surface area contributed by atoms with Gasteiger partial charge in [0.1, 0.15) is 24.6 Å². The summed E-state index contributed by atoms with van der Waals surface area (Å²) in [5, 5.41) is 2.52. The summed E-state index contributed by atoms with van der Waals surface area (Å²) in [6.45, 7) is 6.08. The van der Waals surface area contributed by atoms with Crippen molar-refractivity contribution in [2.45, 2.75) is 33.0 Å². The Bertz CT molecular complexity index is 807. The van der Waals surface area contributed by atoms with Crippen LogP contribution in [0.3, 0.4) is 0 Å². The zero-order chi connectivity index (χ0) is 21.1. The summed E-state index contributed by atoms with van der Waals surface area (Å²) in [4.78, 5) is 23.2. The second-order valence-electron chi connectivity index (χ2n) is 7.27. The maximum Gasteiger partial charge on any atom is 0.407 e. The molecule has 0 aromatic heterocycles. The Morgan fingerprint density at radius 2 is 1.69 bits per heavy atom. The Labute approximate surface area is 171 Å². The van der Waals surface area contributed by atoms with Crippen LogP contribution in [0.15, 0.2) is 60.7 Å². The largest absolute Gasteiger partial charge is 0.489 e. The molecule has 0 spiro atoms. The number of esters is 1. The van der Waals surface area contributed by atoms with Crippen LogP contribution in [0.25, 0.3) is 6.08 Å². The minimum atomic E-state index is -0.564. The zero-order valence-corrected chi connectivity index (χ0v) is 17.0. The molecule has 1 N–H and O–H groups in total. The van der Waals surface area contributed by atoms with Crippen LogP contribution in [0.2, 0.25) is 0 Å². The van der Waals surface area contributed by atoms with Crippen molar-refractivity contribution in [3.8, 4) is 5.75 Å². The van der Waals surface area contributed by atoms with Crippen molar-refractivity contribution in [1.82, 2.24) is 5.32 Å². The molecular weight excluding hydrogens is 370 g/mol. The molecule has 0 unspecified atom stereocenters. The van der Waals surface area contributed by atoms with Gasteiger partial charge < -0.3 is 19.5 Å². The van der Waals surface area contributed by atoms with Gasteiger partial charge in [-0.1, -0.05) is 42.5 Å². The molecule has 0 aliphatic carbocycles. The van der Waals surface area contributed by atoms with Gasteiger partial charge in [0.2, 0.25) is 0 Å². The first-order valence-electron chi connectivity index (χ1n) is 9.40. The van der Waals surface area contributed by atoms with Gasteiger partial charge in [0.25, 0.3) is 0 Å². The van der Waals surface area contributed by atoms with Crippen LogP contribution in [-0.4, -0.2) is 30.8 Å². The zero-order valence-electron chi connectivity index (χ0n) is 17.0. The molecule has 0 atom stereocenters. The Kier molecular flexibility index (Phi) is 8.27. The summed E-state index contributed by atoms with van der Waals surface area (Å²) in [6.07, 6.45) is 2.46. The lowest BCUT2D eigenvalue weighted by Gasteiger charge is -2.19. The maximum atomic E-state index is 11.7. The maximum absolute atomic E-state index is 11.7. The highest BCUT2D eigenvalue weighted by Gasteiger charge is 2.15. The fourth-order valence-corrected chi connectivity index (χ4v) is 2.25. The highest BCUT2D eigenvalue weighted by molar-refractivity contribution is 5.87. The Balaban J connectivity index is 1.68. The van der Waals surface area contributed by atoms with E-state index in [0.29, 0.717) is 6.61 Å². The Morgan fingerprint density at radius 1 is 1.00 bits per heavy atom. The van der Waals surface area contributed by atoms with E-state index in [-0.39, 0.29) is 13.2 Å². The SMILES string of the molecule is CC(C)(C)OC(=O)NCCOC(=O)/C=C/c1ccc(OCc2ccccc2)cc1. The first kappa shape index (κ1) is 22.0. The molecule has 2 aromatic rings. The molecule has 0 aliphatic heterocycles. The van der Waals surface area contributed by atoms with Gasteiger partial charge in [-0.05, 0) is 50.1 Å². The van der Waals surface area contributed by atoms with E-state index in [1.165, 1.54) is 6.08 Å². The van der Waals surface area contributed by atoms with E-state index in [4.69, 9.17) is 14.2 Å². The molecule has 6 heteroatoms. The fourth-order valence-electron chi connectivity index (χ4n) is 2.25. The molecular formula is C23H27NO5.